The molecule has 1 N–H and O–H groups in total. The van der Waals surface area contributed by atoms with E-state index >= 15 is 0 Å². The van der Waals surface area contributed by atoms with Gasteiger partial charge in [0, 0.05) is 10.6 Å². The van der Waals surface area contributed by atoms with Gasteiger partial charge in [0.25, 0.3) is 0 Å². The SMILES string of the molecule is O=C(Cc1coc(-c2ccc(Cl)cc2)n1)NCC(=O)OCc1ccccc1. The number of amides is 1. The second kappa shape index (κ2) is 9.00. The smallest absolute Gasteiger partial charge is 0.325 e. The molecule has 1 amide bonds. The molecule has 0 aliphatic carbocycles. The minimum atomic E-state index is -0.505. The number of aromatic nitrogens is 1. The number of esters is 1. The molecule has 0 aliphatic heterocycles. The monoisotopic (exact) mass is 384 g/mol. The number of hydrogen-bond donors (Lipinski definition) is 1. The van der Waals surface area contributed by atoms with E-state index in [0.717, 1.165) is 11.1 Å². The zero-order valence-corrected chi connectivity index (χ0v) is 15.1. The summed E-state index contributed by atoms with van der Waals surface area (Å²) in [7, 11) is 0. The van der Waals surface area contributed by atoms with Gasteiger partial charge in [0.15, 0.2) is 0 Å². The van der Waals surface area contributed by atoms with Crippen LogP contribution in [0.5, 0.6) is 0 Å². The quantitative estimate of drug-likeness (QED) is 0.631. The van der Waals surface area contributed by atoms with E-state index in [1.54, 1.807) is 24.3 Å². The number of ether oxygens (including phenoxy) is 1. The third-order valence-electron chi connectivity index (χ3n) is 3.66. The summed E-state index contributed by atoms with van der Waals surface area (Å²) in [6.07, 6.45) is 1.42. The highest BCUT2D eigenvalue weighted by molar-refractivity contribution is 6.30. The highest BCUT2D eigenvalue weighted by Gasteiger charge is 2.12. The summed E-state index contributed by atoms with van der Waals surface area (Å²) in [4.78, 5) is 27.9. The standard InChI is InChI=1S/C20H17ClN2O4/c21-16-8-6-15(7-9-16)20-23-17(13-27-20)10-18(24)22-11-19(25)26-12-14-4-2-1-3-5-14/h1-9,13H,10-12H2,(H,22,24). The molecule has 0 bridgehead atoms. The maximum Gasteiger partial charge on any atom is 0.325 e. The maximum atomic E-state index is 12.0. The van der Waals surface area contributed by atoms with Crippen LogP contribution in [0.1, 0.15) is 11.3 Å². The zero-order valence-electron chi connectivity index (χ0n) is 14.4. The largest absolute Gasteiger partial charge is 0.460 e. The molecular formula is C20H17ClN2O4. The van der Waals surface area contributed by atoms with E-state index in [4.69, 9.17) is 20.8 Å². The first-order valence-electron chi connectivity index (χ1n) is 8.27. The average molecular weight is 385 g/mol. The van der Waals surface area contributed by atoms with Gasteiger partial charge in [-0.15, -0.1) is 0 Å². The van der Waals surface area contributed by atoms with Crippen LogP contribution in [0.15, 0.2) is 65.3 Å². The molecule has 1 aromatic heterocycles. The number of benzene rings is 2. The van der Waals surface area contributed by atoms with Crippen molar-refractivity contribution in [1.82, 2.24) is 10.3 Å². The van der Waals surface area contributed by atoms with Crippen molar-refractivity contribution in [2.45, 2.75) is 13.0 Å². The second-order valence-corrected chi connectivity index (χ2v) is 6.19. The van der Waals surface area contributed by atoms with E-state index in [9.17, 15) is 9.59 Å². The van der Waals surface area contributed by atoms with E-state index in [1.165, 1.54) is 6.26 Å². The number of halogens is 1. The van der Waals surface area contributed by atoms with Crippen molar-refractivity contribution in [2.24, 2.45) is 0 Å². The molecule has 0 fully saturated rings. The lowest BCUT2D eigenvalue weighted by Crippen LogP contribution is -2.31. The van der Waals surface area contributed by atoms with Crippen LogP contribution >= 0.6 is 11.6 Å². The van der Waals surface area contributed by atoms with Crippen molar-refractivity contribution in [1.29, 1.82) is 0 Å². The molecule has 0 saturated heterocycles. The van der Waals surface area contributed by atoms with Crippen molar-refractivity contribution in [3.05, 3.63) is 77.1 Å². The van der Waals surface area contributed by atoms with Crippen molar-refractivity contribution >= 4 is 23.5 Å². The van der Waals surface area contributed by atoms with Crippen LogP contribution < -0.4 is 5.32 Å². The molecule has 6 nitrogen and oxygen atoms in total. The van der Waals surface area contributed by atoms with Gasteiger partial charge in [-0.05, 0) is 29.8 Å². The molecule has 0 saturated carbocycles. The first kappa shape index (κ1) is 18.7. The third kappa shape index (κ3) is 5.69. The lowest BCUT2D eigenvalue weighted by atomic mass is 10.2. The fraction of sp³-hybridized carbons (Fsp3) is 0.150. The van der Waals surface area contributed by atoms with Crippen molar-refractivity contribution < 1.29 is 18.7 Å². The number of rotatable bonds is 7. The molecule has 0 radical (unpaired) electrons. The van der Waals surface area contributed by atoms with Crippen molar-refractivity contribution in [3.8, 4) is 11.5 Å². The van der Waals surface area contributed by atoms with Crippen LogP contribution in [0.25, 0.3) is 11.5 Å². The Kier molecular flexibility index (Phi) is 6.22. The predicted octanol–water partition coefficient (Wildman–Crippen LogP) is 3.40. The normalized spacial score (nSPS) is 10.4. The Morgan fingerprint density at radius 1 is 1.07 bits per heavy atom. The van der Waals surface area contributed by atoms with Crippen LogP contribution in [-0.4, -0.2) is 23.4 Å². The van der Waals surface area contributed by atoms with Crippen LogP contribution in [0.3, 0.4) is 0 Å². The molecule has 1 heterocycles. The molecule has 0 spiro atoms. The Hall–Kier alpha value is -3.12. The minimum Gasteiger partial charge on any atom is -0.460 e. The molecule has 7 heteroatoms. The van der Waals surface area contributed by atoms with Gasteiger partial charge in [-0.3, -0.25) is 9.59 Å². The van der Waals surface area contributed by atoms with Crippen LogP contribution in [0.4, 0.5) is 0 Å². The fourth-order valence-electron chi connectivity index (χ4n) is 2.30. The summed E-state index contributed by atoms with van der Waals surface area (Å²) >= 11 is 5.85. The van der Waals surface area contributed by atoms with Gasteiger partial charge in [-0.2, -0.15) is 0 Å². The molecule has 3 aromatic rings. The molecular weight excluding hydrogens is 368 g/mol. The summed E-state index contributed by atoms with van der Waals surface area (Å²) in [5.41, 5.74) is 2.11. The Morgan fingerprint density at radius 3 is 2.56 bits per heavy atom. The summed E-state index contributed by atoms with van der Waals surface area (Å²) in [5, 5.41) is 3.13. The number of oxazole rings is 1. The number of carbonyl (C=O) groups is 2. The molecule has 0 aliphatic rings. The first-order chi connectivity index (χ1) is 13.1. The van der Waals surface area contributed by atoms with Gasteiger partial charge in [0.2, 0.25) is 11.8 Å². The summed E-state index contributed by atoms with van der Waals surface area (Å²) in [6.45, 7) is -0.0309. The minimum absolute atomic E-state index is 0.00303. The number of hydrogen-bond acceptors (Lipinski definition) is 5. The topological polar surface area (TPSA) is 81.4 Å². The molecule has 2 aromatic carbocycles. The number of carbonyl (C=O) groups excluding carboxylic acids is 2. The van der Waals surface area contributed by atoms with Crippen LogP contribution in [0.2, 0.25) is 5.02 Å². The van der Waals surface area contributed by atoms with E-state index in [0.29, 0.717) is 16.6 Å². The zero-order chi connectivity index (χ0) is 19.1. The van der Waals surface area contributed by atoms with E-state index in [2.05, 4.69) is 10.3 Å². The molecule has 3 rings (SSSR count). The van der Waals surface area contributed by atoms with Crippen molar-refractivity contribution in [2.75, 3.05) is 6.54 Å². The Morgan fingerprint density at radius 2 is 1.81 bits per heavy atom. The molecule has 138 valence electrons. The Bertz CT molecular complexity index is 907. The van der Waals surface area contributed by atoms with Gasteiger partial charge in [-0.1, -0.05) is 41.9 Å². The first-order valence-corrected chi connectivity index (χ1v) is 8.64. The summed E-state index contributed by atoms with van der Waals surface area (Å²) in [5.74, 6) is -0.450. The lowest BCUT2D eigenvalue weighted by Gasteiger charge is -2.06. The van der Waals surface area contributed by atoms with E-state index in [1.807, 2.05) is 30.3 Å². The van der Waals surface area contributed by atoms with Crippen molar-refractivity contribution in [3.63, 3.8) is 0 Å². The van der Waals surface area contributed by atoms with Gasteiger partial charge >= 0.3 is 5.97 Å². The second-order valence-electron chi connectivity index (χ2n) is 5.75. The number of nitrogens with zero attached hydrogens (tertiary/aromatic N) is 1. The average Bonchev–Trinajstić information content (AvgIpc) is 3.14. The van der Waals surface area contributed by atoms with E-state index < -0.39 is 5.97 Å². The van der Waals surface area contributed by atoms with Gasteiger partial charge in [0.1, 0.15) is 19.4 Å². The number of nitrogens with one attached hydrogen (secondary N) is 1. The lowest BCUT2D eigenvalue weighted by molar-refractivity contribution is -0.145. The predicted molar refractivity (Wildman–Crippen MR) is 99.9 cm³/mol. The highest BCUT2D eigenvalue weighted by Crippen LogP contribution is 2.20. The van der Waals surface area contributed by atoms with Crippen LogP contribution in [-0.2, 0) is 27.4 Å². The summed E-state index contributed by atoms with van der Waals surface area (Å²) in [6, 6.07) is 16.3. The van der Waals surface area contributed by atoms with E-state index in [-0.39, 0.29) is 25.5 Å². The molecule has 0 atom stereocenters. The van der Waals surface area contributed by atoms with Gasteiger partial charge in [-0.25, -0.2) is 4.98 Å². The summed E-state index contributed by atoms with van der Waals surface area (Å²) < 4.78 is 10.5. The Labute approximate surface area is 161 Å². The third-order valence-corrected chi connectivity index (χ3v) is 3.91. The Balaban J connectivity index is 1.44. The van der Waals surface area contributed by atoms with Gasteiger partial charge in [0.05, 0.1) is 12.1 Å². The fourth-order valence-corrected chi connectivity index (χ4v) is 2.43. The highest BCUT2D eigenvalue weighted by atomic mass is 35.5. The van der Waals surface area contributed by atoms with Gasteiger partial charge < -0.3 is 14.5 Å². The maximum absolute atomic E-state index is 12.0. The van der Waals surface area contributed by atoms with Crippen LogP contribution in [0, 0.1) is 0 Å². The molecule has 27 heavy (non-hydrogen) atoms. The molecule has 0 unspecified atom stereocenters.